The second-order valence-corrected chi connectivity index (χ2v) is 8.38. The Hall–Kier alpha value is -2.86. The van der Waals surface area contributed by atoms with E-state index in [9.17, 15) is 4.79 Å². The number of nitrogens with one attached hydrogen (secondary N) is 3. The Bertz CT molecular complexity index is 1060. The molecule has 4 rings (SSSR count). The van der Waals surface area contributed by atoms with Gasteiger partial charge < -0.3 is 20.4 Å². The molecular formula is C24H31N5O. The molecule has 1 aromatic carbocycles. The van der Waals surface area contributed by atoms with Crippen LogP contribution in [0.4, 0.5) is 11.4 Å². The molecule has 1 amide bonds. The van der Waals surface area contributed by atoms with E-state index in [0.717, 1.165) is 54.3 Å². The summed E-state index contributed by atoms with van der Waals surface area (Å²) in [6.45, 7) is 10.8. The summed E-state index contributed by atoms with van der Waals surface area (Å²) in [6, 6.07) is 8.36. The predicted octanol–water partition coefficient (Wildman–Crippen LogP) is 4.12. The highest BCUT2D eigenvalue weighted by Crippen LogP contribution is 2.26. The number of amides is 1. The van der Waals surface area contributed by atoms with E-state index in [4.69, 9.17) is 4.98 Å². The van der Waals surface area contributed by atoms with Crippen molar-refractivity contribution in [2.24, 2.45) is 5.92 Å². The van der Waals surface area contributed by atoms with Crippen LogP contribution in [-0.4, -0.2) is 28.4 Å². The molecule has 6 nitrogen and oxygen atoms in total. The van der Waals surface area contributed by atoms with Crippen LogP contribution in [0.1, 0.15) is 40.9 Å². The second-order valence-electron chi connectivity index (χ2n) is 8.38. The molecule has 1 aliphatic heterocycles. The predicted molar refractivity (Wildman–Crippen MR) is 122 cm³/mol. The fraction of sp³-hybridized carbons (Fsp3) is 0.417. The standard InChI is InChI=1S/C24H31N5O/c1-15-7-5-8-16(2)21(15)13-26-22-11-20(14-29-18(4)17(3)27-23(22)29)28-24(30)19-9-6-10-25-12-19/h5,7-8,11,14,19,25-26H,6,9-10,12-13H2,1-4H3,(H,28,30)/t19-/m0/s1. The molecule has 3 N–H and O–H groups in total. The van der Waals surface area contributed by atoms with Crippen LogP contribution in [0.5, 0.6) is 0 Å². The first kappa shape index (κ1) is 20.4. The highest BCUT2D eigenvalue weighted by Gasteiger charge is 2.21. The first-order valence-electron chi connectivity index (χ1n) is 10.7. The number of aryl methyl sites for hydroxylation is 4. The van der Waals surface area contributed by atoms with Gasteiger partial charge in [0.15, 0.2) is 5.65 Å². The largest absolute Gasteiger partial charge is 0.378 e. The van der Waals surface area contributed by atoms with Gasteiger partial charge in [-0.3, -0.25) is 4.79 Å². The maximum atomic E-state index is 12.8. The number of hydrogen-bond acceptors (Lipinski definition) is 4. The third-order valence-electron chi connectivity index (χ3n) is 6.23. The molecule has 0 unspecified atom stereocenters. The lowest BCUT2D eigenvalue weighted by atomic mass is 9.99. The number of piperidine rings is 1. The van der Waals surface area contributed by atoms with E-state index in [1.165, 1.54) is 16.7 Å². The summed E-state index contributed by atoms with van der Waals surface area (Å²) in [5, 5.41) is 10.0. The lowest BCUT2D eigenvalue weighted by Crippen LogP contribution is -2.37. The van der Waals surface area contributed by atoms with Crippen LogP contribution in [0, 0.1) is 33.6 Å². The molecule has 158 valence electrons. The minimum absolute atomic E-state index is 0.0195. The highest BCUT2D eigenvalue weighted by atomic mass is 16.1. The summed E-state index contributed by atoms with van der Waals surface area (Å²) in [7, 11) is 0. The Balaban J connectivity index is 1.64. The number of benzene rings is 1. The number of aromatic nitrogens is 2. The van der Waals surface area contributed by atoms with Crippen molar-refractivity contribution >= 4 is 22.9 Å². The Labute approximate surface area is 178 Å². The average Bonchev–Trinajstić information content (AvgIpc) is 3.02. The molecule has 0 spiro atoms. The van der Waals surface area contributed by atoms with Crippen LogP contribution in [-0.2, 0) is 11.3 Å². The van der Waals surface area contributed by atoms with Gasteiger partial charge >= 0.3 is 0 Å². The summed E-state index contributed by atoms with van der Waals surface area (Å²) < 4.78 is 2.07. The molecule has 1 saturated heterocycles. The zero-order valence-corrected chi connectivity index (χ0v) is 18.3. The van der Waals surface area contributed by atoms with Gasteiger partial charge in [0, 0.05) is 25.0 Å². The van der Waals surface area contributed by atoms with Crippen LogP contribution in [0.3, 0.4) is 0 Å². The van der Waals surface area contributed by atoms with Gasteiger partial charge in [0.05, 0.1) is 23.0 Å². The van der Waals surface area contributed by atoms with Crippen molar-refractivity contribution in [2.75, 3.05) is 23.7 Å². The van der Waals surface area contributed by atoms with Gasteiger partial charge in [-0.2, -0.15) is 0 Å². The number of hydrogen-bond donors (Lipinski definition) is 3. The third kappa shape index (κ3) is 4.05. The van der Waals surface area contributed by atoms with E-state index in [2.05, 4.69) is 59.3 Å². The summed E-state index contributed by atoms with van der Waals surface area (Å²) in [5.74, 6) is 0.0998. The van der Waals surface area contributed by atoms with E-state index in [-0.39, 0.29) is 11.8 Å². The van der Waals surface area contributed by atoms with E-state index in [1.807, 2.05) is 19.2 Å². The van der Waals surface area contributed by atoms with Crippen molar-refractivity contribution in [1.29, 1.82) is 0 Å². The van der Waals surface area contributed by atoms with Gasteiger partial charge in [0.1, 0.15) is 0 Å². The Morgan fingerprint density at radius 3 is 2.70 bits per heavy atom. The van der Waals surface area contributed by atoms with Crippen LogP contribution in [0.2, 0.25) is 0 Å². The number of imidazole rings is 1. The number of carbonyl (C=O) groups is 1. The molecule has 0 radical (unpaired) electrons. The van der Waals surface area contributed by atoms with Crippen molar-refractivity contribution in [3.05, 3.63) is 58.5 Å². The average molecular weight is 406 g/mol. The smallest absolute Gasteiger partial charge is 0.228 e. The highest BCUT2D eigenvalue weighted by molar-refractivity contribution is 5.93. The van der Waals surface area contributed by atoms with Crippen LogP contribution >= 0.6 is 0 Å². The number of pyridine rings is 1. The Kier molecular flexibility index (Phi) is 5.77. The lowest BCUT2D eigenvalue weighted by molar-refractivity contribution is -0.120. The van der Waals surface area contributed by atoms with E-state index < -0.39 is 0 Å². The molecule has 1 fully saturated rings. The molecule has 0 bridgehead atoms. The summed E-state index contributed by atoms with van der Waals surface area (Å²) in [4.78, 5) is 17.5. The fourth-order valence-electron chi connectivity index (χ4n) is 4.20. The van der Waals surface area contributed by atoms with Gasteiger partial charge in [-0.15, -0.1) is 0 Å². The number of nitrogens with zero attached hydrogens (tertiary/aromatic N) is 2. The number of rotatable bonds is 5. The molecule has 0 aliphatic carbocycles. The first-order valence-corrected chi connectivity index (χ1v) is 10.7. The van der Waals surface area contributed by atoms with E-state index >= 15 is 0 Å². The lowest BCUT2D eigenvalue weighted by Gasteiger charge is -2.22. The SMILES string of the molecule is Cc1cccc(C)c1CNc1cc(NC(=O)[C@H]2CCCNC2)cn2c(C)c(C)nc12. The van der Waals surface area contributed by atoms with Crippen molar-refractivity contribution in [1.82, 2.24) is 14.7 Å². The Morgan fingerprint density at radius 2 is 2.00 bits per heavy atom. The van der Waals surface area contributed by atoms with Gasteiger partial charge in [-0.25, -0.2) is 4.98 Å². The molecular weight excluding hydrogens is 374 g/mol. The maximum Gasteiger partial charge on any atom is 0.228 e. The van der Waals surface area contributed by atoms with Gasteiger partial charge in [0.2, 0.25) is 5.91 Å². The summed E-state index contributed by atoms with van der Waals surface area (Å²) >= 11 is 0. The fourth-order valence-corrected chi connectivity index (χ4v) is 4.20. The quantitative estimate of drug-likeness (QED) is 0.597. The minimum Gasteiger partial charge on any atom is -0.378 e. The number of carbonyl (C=O) groups excluding carboxylic acids is 1. The molecule has 1 aliphatic rings. The summed E-state index contributed by atoms with van der Waals surface area (Å²) in [6.07, 6.45) is 3.95. The molecule has 3 aromatic rings. The molecule has 3 heterocycles. The number of fused-ring (bicyclic) bond motifs is 1. The van der Waals surface area contributed by atoms with Gasteiger partial charge in [-0.1, -0.05) is 18.2 Å². The monoisotopic (exact) mass is 405 g/mol. The van der Waals surface area contributed by atoms with Crippen molar-refractivity contribution in [2.45, 2.75) is 47.1 Å². The van der Waals surface area contributed by atoms with Crippen molar-refractivity contribution in [3.8, 4) is 0 Å². The summed E-state index contributed by atoms with van der Waals surface area (Å²) in [5.41, 5.74) is 8.50. The van der Waals surface area contributed by atoms with Crippen LogP contribution < -0.4 is 16.0 Å². The van der Waals surface area contributed by atoms with Crippen LogP contribution in [0.25, 0.3) is 5.65 Å². The molecule has 2 aromatic heterocycles. The zero-order valence-electron chi connectivity index (χ0n) is 18.3. The van der Waals surface area contributed by atoms with Gasteiger partial charge in [-0.05, 0) is 69.8 Å². The number of anilines is 2. The third-order valence-corrected chi connectivity index (χ3v) is 6.23. The van der Waals surface area contributed by atoms with Crippen molar-refractivity contribution < 1.29 is 4.79 Å². The van der Waals surface area contributed by atoms with Crippen molar-refractivity contribution in [3.63, 3.8) is 0 Å². The molecule has 6 heteroatoms. The first-order chi connectivity index (χ1) is 14.4. The van der Waals surface area contributed by atoms with E-state index in [0.29, 0.717) is 6.54 Å². The zero-order chi connectivity index (χ0) is 21.3. The van der Waals surface area contributed by atoms with E-state index in [1.54, 1.807) is 0 Å². The topological polar surface area (TPSA) is 70.5 Å². The second kappa shape index (κ2) is 8.48. The van der Waals surface area contributed by atoms with Gasteiger partial charge in [0.25, 0.3) is 0 Å². The Morgan fingerprint density at radius 1 is 1.23 bits per heavy atom. The normalized spacial score (nSPS) is 16.6. The maximum absolute atomic E-state index is 12.8. The molecule has 1 atom stereocenters. The van der Waals surface area contributed by atoms with Crippen LogP contribution in [0.15, 0.2) is 30.5 Å². The minimum atomic E-state index is 0.0195. The molecule has 30 heavy (non-hydrogen) atoms. The molecule has 0 saturated carbocycles.